The van der Waals surface area contributed by atoms with E-state index in [1.165, 1.54) is 4.31 Å². The molecule has 3 rings (SSSR count). The second kappa shape index (κ2) is 7.38. The van der Waals surface area contributed by atoms with E-state index in [2.05, 4.69) is 4.72 Å². The Kier molecular flexibility index (Phi) is 5.36. The lowest BCUT2D eigenvalue weighted by Crippen LogP contribution is -2.36. The molecule has 8 heteroatoms. The van der Waals surface area contributed by atoms with Gasteiger partial charge in [-0.1, -0.05) is 31.2 Å². The van der Waals surface area contributed by atoms with Crippen molar-refractivity contribution in [2.24, 2.45) is 0 Å². The van der Waals surface area contributed by atoms with Crippen LogP contribution in [0.4, 0.5) is 5.69 Å². The molecule has 0 spiro atoms. The number of hydrogen-bond donors (Lipinski definition) is 1. The Bertz CT molecular complexity index is 987. The van der Waals surface area contributed by atoms with E-state index >= 15 is 0 Å². The zero-order valence-electron chi connectivity index (χ0n) is 14.6. The normalized spacial score (nSPS) is 15.4. The molecular weight excluding hydrogens is 372 g/mol. The number of hydrogen-bond acceptors (Lipinski definition) is 4. The third-order valence-corrected chi connectivity index (χ3v) is 7.66. The first kappa shape index (κ1) is 18.9. The molecule has 1 N–H and O–H groups in total. The van der Waals surface area contributed by atoms with Crippen LogP contribution in [-0.4, -0.2) is 33.4 Å². The highest BCUT2D eigenvalue weighted by atomic mass is 32.2. The summed E-state index contributed by atoms with van der Waals surface area (Å²) in [4.78, 5) is 0.267. The molecule has 0 aliphatic carbocycles. The molecule has 1 aliphatic rings. The van der Waals surface area contributed by atoms with Gasteiger partial charge in [-0.15, -0.1) is 0 Å². The zero-order valence-corrected chi connectivity index (χ0v) is 16.2. The molecule has 1 heterocycles. The van der Waals surface area contributed by atoms with Gasteiger partial charge in [0.1, 0.15) is 0 Å². The van der Waals surface area contributed by atoms with Crippen LogP contribution in [0.1, 0.15) is 24.5 Å². The SMILES string of the molecule is CCCS(=O)(=O)Nc1ccc2c(c1)CN(S(=O)(=O)c1ccccc1)CC2. The van der Waals surface area contributed by atoms with Gasteiger partial charge in [0.25, 0.3) is 0 Å². The molecular formula is C18H22N2O4S2. The quantitative estimate of drug-likeness (QED) is 0.816. The zero-order chi connectivity index (χ0) is 18.8. The van der Waals surface area contributed by atoms with Crippen molar-refractivity contribution in [3.05, 3.63) is 59.7 Å². The smallest absolute Gasteiger partial charge is 0.243 e. The fourth-order valence-electron chi connectivity index (χ4n) is 3.04. The lowest BCUT2D eigenvalue weighted by molar-refractivity contribution is 0.391. The molecule has 1 aliphatic heterocycles. The molecule has 2 aromatic rings. The van der Waals surface area contributed by atoms with Crippen LogP contribution in [0, 0.1) is 0 Å². The van der Waals surface area contributed by atoms with Gasteiger partial charge in [0.2, 0.25) is 20.0 Å². The number of fused-ring (bicyclic) bond motifs is 1. The minimum Gasteiger partial charge on any atom is -0.284 e. The minimum atomic E-state index is -3.57. The Hall–Kier alpha value is -1.90. The third kappa shape index (κ3) is 4.08. The molecule has 2 aromatic carbocycles. The van der Waals surface area contributed by atoms with E-state index < -0.39 is 20.0 Å². The molecule has 0 saturated carbocycles. The fraction of sp³-hybridized carbons (Fsp3) is 0.333. The van der Waals surface area contributed by atoms with Crippen LogP contribution in [-0.2, 0) is 33.0 Å². The molecule has 0 bridgehead atoms. The van der Waals surface area contributed by atoms with Gasteiger partial charge < -0.3 is 0 Å². The molecule has 0 amide bonds. The second-order valence-electron chi connectivity index (χ2n) is 6.31. The van der Waals surface area contributed by atoms with Crippen LogP contribution in [0.5, 0.6) is 0 Å². The van der Waals surface area contributed by atoms with Crippen LogP contribution < -0.4 is 4.72 Å². The van der Waals surface area contributed by atoms with Crippen molar-refractivity contribution >= 4 is 25.7 Å². The Balaban J connectivity index is 1.85. The Morgan fingerprint density at radius 2 is 1.73 bits per heavy atom. The molecule has 0 unspecified atom stereocenters. The van der Waals surface area contributed by atoms with Crippen LogP contribution in [0.15, 0.2) is 53.4 Å². The van der Waals surface area contributed by atoms with Crippen LogP contribution in [0.25, 0.3) is 0 Å². The number of nitrogens with one attached hydrogen (secondary N) is 1. The third-order valence-electron chi connectivity index (χ3n) is 4.31. The van der Waals surface area contributed by atoms with E-state index in [0.29, 0.717) is 25.1 Å². The first-order valence-electron chi connectivity index (χ1n) is 8.49. The summed E-state index contributed by atoms with van der Waals surface area (Å²) in [6.45, 7) is 2.44. The Morgan fingerprint density at radius 3 is 2.42 bits per heavy atom. The van der Waals surface area contributed by atoms with E-state index in [4.69, 9.17) is 0 Å². The molecule has 0 aromatic heterocycles. The summed E-state index contributed by atoms with van der Waals surface area (Å²) >= 11 is 0. The van der Waals surface area contributed by atoms with Crippen molar-refractivity contribution in [3.63, 3.8) is 0 Å². The number of nitrogens with zero attached hydrogens (tertiary/aromatic N) is 1. The highest BCUT2D eigenvalue weighted by Crippen LogP contribution is 2.27. The number of sulfonamides is 2. The van der Waals surface area contributed by atoms with E-state index in [1.807, 2.05) is 6.07 Å². The van der Waals surface area contributed by atoms with Gasteiger partial charge in [-0.05, 0) is 48.2 Å². The maximum Gasteiger partial charge on any atom is 0.243 e. The summed E-state index contributed by atoms with van der Waals surface area (Å²) in [5.74, 6) is 0.0542. The van der Waals surface area contributed by atoms with Gasteiger partial charge in [0.05, 0.1) is 10.6 Å². The van der Waals surface area contributed by atoms with Crippen LogP contribution in [0.2, 0.25) is 0 Å². The minimum absolute atomic E-state index is 0.0542. The number of benzene rings is 2. The maximum atomic E-state index is 12.8. The lowest BCUT2D eigenvalue weighted by atomic mass is 10.0. The molecule has 0 atom stereocenters. The highest BCUT2D eigenvalue weighted by molar-refractivity contribution is 7.92. The van der Waals surface area contributed by atoms with E-state index in [1.54, 1.807) is 49.4 Å². The van der Waals surface area contributed by atoms with E-state index in [0.717, 1.165) is 11.1 Å². The van der Waals surface area contributed by atoms with Gasteiger partial charge in [0, 0.05) is 18.8 Å². The summed E-state index contributed by atoms with van der Waals surface area (Å²) < 4.78 is 53.5. The van der Waals surface area contributed by atoms with Gasteiger partial charge in [-0.25, -0.2) is 16.8 Å². The predicted molar refractivity (Wildman–Crippen MR) is 102 cm³/mol. The van der Waals surface area contributed by atoms with Crippen molar-refractivity contribution < 1.29 is 16.8 Å². The van der Waals surface area contributed by atoms with Gasteiger partial charge >= 0.3 is 0 Å². The molecule has 0 saturated heterocycles. The molecule has 26 heavy (non-hydrogen) atoms. The summed E-state index contributed by atoms with van der Waals surface area (Å²) in [5.41, 5.74) is 2.34. The number of rotatable bonds is 6. The average Bonchev–Trinajstić information content (AvgIpc) is 2.61. The maximum absolute atomic E-state index is 12.8. The molecule has 140 valence electrons. The van der Waals surface area contributed by atoms with Crippen molar-refractivity contribution in [3.8, 4) is 0 Å². The molecule has 0 radical (unpaired) electrons. The standard InChI is InChI=1S/C18H22N2O4S2/c1-2-12-25(21,22)19-17-9-8-15-10-11-20(14-16(15)13-17)26(23,24)18-6-4-3-5-7-18/h3-9,13,19H,2,10-12,14H2,1H3. The second-order valence-corrected chi connectivity index (χ2v) is 10.1. The van der Waals surface area contributed by atoms with Gasteiger partial charge in [0.15, 0.2) is 0 Å². The van der Waals surface area contributed by atoms with Gasteiger partial charge in [-0.2, -0.15) is 4.31 Å². The largest absolute Gasteiger partial charge is 0.284 e. The van der Waals surface area contributed by atoms with Crippen molar-refractivity contribution in [2.75, 3.05) is 17.0 Å². The van der Waals surface area contributed by atoms with E-state index in [-0.39, 0.29) is 17.2 Å². The summed E-state index contributed by atoms with van der Waals surface area (Å²) in [6.07, 6.45) is 1.13. The predicted octanol–water partition coefficient (Wildman–Crippen LogP) is 2.59. The summed E-state index contributed by atoms with van der Waals surface area (Å²) in [6, 6.07) is 13.7. The van der Waals surface area contributed by atoms with Crippen molar-refractivity contribution in [1.82, 2.24) is 4.31 Å². The van der Waals surface area contributed by atoms with Crippen LogP contribution >= 0.6 is 0 Å². The first-order valence-corrected chi connectivity index (χ1v) is 11.6. The lowest BCUT2D eigenvalue weighted by Gasteiger charge is -2.28. The average molecular weight is 395 g/mol. The monoisotopic (exact) mass is 394 g/mol. The first-order chi connectivity index (χ1) is 12.3. The summed E-state index contributed by atoms with van der Waals surface area (Å²) in [7, 11) is -6.94. The Labute approximate surface area is 155 Å². The topological polar surface area (TPSA) is 83.6 Å². The Morgan fingerprint density at radius 1 is 1.00 bits per heavy atom. The van der Waals surface area contributed by atoms with Crippen LogP contribution in [0.3, 0.4) is 0 Å². The number of anilines is 1. The summed E-state index contributed by atoms with van der Waals surface area (Å²) in [5, 5.41) is 0. The molecule has 0 fully saturated rings. The highest BCUT2D eigenvalue weighted by Gasteiger charge is 2.28. The van der Waals surface area contributed by atoms with E-state index in [9.17, 15) is 16.8 Å². The van der Waals surface area contributed by atoms with Crippen molar-refractivity contribution in [1.29, 1.82) is 0 Å². The van der Waals surface area contributed by atoms with Crippen molar-refractivity contribution in [2.45, 2.75) is 31.2 Å². The molecule has 6 nitrogen and oxygen atoms in total. The van der Waals surface area contributed by atoms with Gasteiger partial charge in [-0.3, -0.25) is 4.72 Å². The fourth-order valence-corrected chi connectivity index (χ4v) is 5.61.